The zero-order chi connectivity index (χ0) is 27.3. The van der Waals surface area contributed by atoms with Crippen LogP contribution >= 0.6 is 7.82 Å². The molecule has 1 unspecified atom stereocenters. The first-order valence-electron chi connectivity index (χ1n) is 11.6. The standard InChI is InChI=1S/C25H26N5O7P/c1-16-18-6-3-4-7-20(18)36-22(16)15-30(2)23(31)9-8-17-12-19-24(28-13-17)29-25(32)21(14-27-19)37-38(33,34)35-11-5-10-26/h3-4,6-9,12-13,21,27H,5,11,14-15H2,1-2H3,(H,33,34)(H,28,29,32)/b9-8+/t21-/m0/s1. The first-order chi connectivity index (χ1) is 18.2. The predicted molar refractivity (Wildman–Crippen MR) is 139 cm³/mol. The molecule has 0 radical (unpaired) electrons. The van der Waals surface area contributed by atoms with Crippen molar-refractivity contribution in [3.8, 4) is 6.07 Å². The number of rotatable bonds is 9. The van der Waals surface area contributed by atoms with Crippen LogP contribution in [0, 0.1) is 18.3 Å². The number of carbonyl (C=O) groups is 2. The van der Waals surface area contributed by atoms with E-state index in [1.54, 1.807) is 25.3 Å². The average Bonchev–Trinajstić information content (AvgIpc) is 3.11. The summed E-state index contributed by atoms with van der Waals surface area (Å²) in [7, 11) is -2.88. The fraction of sp³-hybridized carbons (Fsp3) is 0.280. The van der Waals surface area contributed by atoms with Crippen molar-refractivity contribution in [1.29, 1.82) is 5.26 Å². The number of benzene rings is 1. The lowest BCUT2D eigenvalue weighted by Gasteiger charge is -2.17. The normalized spacial score (nSPS) is 16.7. The van der Waals surface area contributed by atoms with Crippen molar-refractivity contribution in [1.82, 2.24) is 9.88 Å². The highest BCUT2D eigenvalue weighted by Gasteiger charge is 2.33. The molecule has 1 aliphatic rings. The average molecular weight is 539 g/mol. The van der Waals surface area contributed by atoms with E-state index in [-0.39, 0.29) is 31.3 Å². The van der Waals surface area contributed by atoms with Crippen LogP contribution in [0.25, 0.3) is 17.0 Å². The van der Waals surface area contributed by atoms with Crippen LogP contribution in [0.5, 0.6) is 0 Å². The molecule has 2 amide bonds. The summed E-state index contributed by atoms with van der Waals surface area (Å²) >= 11 is 0. The number of amides is 2. The zero-order valence-corrected chi connectivity index (χ0v) is 21.6. The molecule has 3 aromatic rings. The molecule has 1 aliphatic heterocycles. The molecule has 0 saturated carbocycles. The number of aryl methyl sites for hydroxylation is 1. The lowest BCUT2D eigenvalue weighted by Crippen LogP contribution is -2.33. The minimum Gasteiger partial charge on any atom is -0.459 e. The van der Waals surface area contributed by atoms with E-state index < -0.39 is 19.8 Å². The van der Waals surface area contributed by atoms with Crippen LogP contribution in [-0.2, 0) is 29.7 Å². The van der Waals surface area contributed by atoms with Gasteiger partial charge < -0.3 is 24.8 Å². The Bertz CT molecular complexity index is 1480. The molecule has 2 atom stereocenters. The maximum absolute atomic E-state index is 12.7. The molecule has 3 heterocycles. The molecule has 3 N–H and O–H groups in total. The van der Waals surface area contributed by atoms with Gasteiger partial charge in [-0.15, -0.1) is 0 Å². The summed E-state index contributed by atoms with van der Waals surface area (Å²) < 4.78 is 27.6. The number of carbonyl (C=O) groups excluding carboxylic acids is 2. The monoisotopic (exact) mass is 539 g/mol. The third-order valence-electron chi connectivity index (χ3n) is 5.77. The Morgan fingerprint density at radius 3 is 2.97 bits per heavy atom. The van der Waals surface area contributed by atoms with Gasteiger partial charge >= 0.3 is 7.82 Å². The molecule has 2 aromatic heterocycles. The van der Waals surface area contributed by atoms with Crippen molar-refractivity contribution in [3.05, 3.63) is 59.5 Å². The molecule has 198 valence electrons. The summed E-state index contributed by atoms with van der Waals surface area (Å²) in [4.78, 5) is 40.7. The van der Waals surface area contributed by atoms with Gasteiger partial charge in [0.05, 0.1) is 37.9 Å². The third kappa shape index (κ3) is 6.45. The van der Waals surface area contributed by atoms with E-state index in [0.29, 0.717) is 23.6 Å². The van der Waals surface area contributed by atoms with Gasteiger partial charge in [-0.3, -0.25) is 18.6 Å². The Morgan fingerprint density at radius 1 is 1.42 bits per heavy atom. The van der Waals surface area contributed by atoms with Gasteiger partial charge in [0.15, 0.2) is 11.9 Å². The van der Waals surface area contributed by atoms with Crippen molar-refractivity contribution in [2.45, 2.75) is 26.0 Å². The summed E-state index contributed by atoms with van der Waals surface area (Å²) in [5.41, 5.74) is 2.77. The molecular weight excluding hydrogens is 513 g/mol. The van der Waals surface area contributed by atoms with E-state index in [4.69, 9.17) is 14.2 Å². The summed E-state index contributed by atoms with van der Waals surface area (Å²) in [5.74, 6) is -0.0329. The second-order valence-electron chi connectivity index (χ2n) is 8.51. The van der Waals surface area contributed by atoms with Crippen molar-refractivity contribution >= 4 is 48.2 Å². The van der Waals surface area contributed by atoms with Crippen LogP contribution in [0.3, 0.4) is 0 Å². The number of para-hydroxylation sites is 1. The van der Waals surface area contributed by atoms with Gasteiger partial charge in [0.1, 0.15) is 11.3 Å². The Kier molecular flexibility index (Phi) is 8.24. The highest BCUT2D eigenvalue weighted by Crippen LogP contribution is 2.45. The number of likely N-dealkylation sites (N-methyl/N-ethyl adjacent to an activating group) is 1. The highest BCUT2D eigenvalue weighted by molar-refractivity contribution is 7.47. The van der Waals surface area contributed by atoms with E-state index >= 15 is 0 Å². The van der Waals surface area contributed by atoms with Crippen molar-refractivity contribution in [2.24, 2.45) is 0 Å². The largest absolute Gasteiger partial charge is 0.473 e. The van der Waals surface area contributed by atoms with Crippen LogP contribution < -0.4 is 10.6 Å². The lowest BCUT2D eigenvalue weighted by atomic mass is 10.1. The van der Waals surface area contributed by atoms with Crippen molar-refractivity contribution in [2.75, 3.05) is 30.8 Å². The number of furan rings is 1. The highest BCUT2D eigenvalue weighted by atomic mass is 31.2. The quantitative estimate of drug-likeness (QED) is 0.208. The minimum absolute atomic E-state index is 0.105. The summed E-state index contributed by atoms with van der Waals surface area (Å²) in [5, 5.41) is 15.0. The molecule has 0 aliphatic carbocycles. The number of phosphoric ester groups is 1. The molecule has 12 nitrogen and oxygen atoms in total. The van der Waals surface area contributed by atoms with Gasteiger partial charge in [-0.05, 0) is 30.7 Å². The maximum Gasteiger partial charge on any atom is 0.473 e. The number of hydrogen-bond acceptors (Lipinski definition) is 9. The predicted octanol–water partition coefficient (Wildman–Crippen LogP) is 3.59. The third-order valence-corrected chi connectivity index (χ3v) is 6.80. The first-order valence-corrected chi connectivity index (χ1v) is 13.1. The van der Waals surface area contributed by atoms with Gasteiger partial charge in [0.2, 0.25) is 5.91 Å². The summed E-state index contributed by atoms with van der Waals surface area (Å²) in [6.45, 7) is 1.81. The topological polar surface area (TPSA) is 167 Å². The number of fused-ring (bicyclic) bond motifs is 2. The van der Waals surface area contributed by atoms with Gasteiger partial charge in [-0.2, -0.15) is 5.26 Å². The van der Waals surface area contributed by atoms with E-state index in [0.717, 1.165) is 16.5 Å². The first kappa shape index (κ1) is 27.0. The molecule has 1 aromatic carbocycles. The number of nitrogens with one attached hydrogen (secondary N) is 2. The minimum atomic E-state index is -4.55. The maximum atomic E-state index is 12.7. The van der Waals surface area contributed by atoms with Gasteiger partial charge in [-0.25, -0.2) is 9.55 Å². The molecular formula is C25H26N5O7P. The Balaban J connectivity index is 1.38. The summed E-state index contributed by atoms with van der Waals surface area (Å²) in [6, 6.07) is 11.1. The van der Waals surface area contributed by atoms with Crippen LogP contribution in [-0.4, -0.2) is 52.9 Å². The van der Waals surface area contributed by atoms with Crippen LogP contribution in [0.4, 0.5) is 11.5 Å². The Hall–Kier alpha value is -4.01. The number of nitriles is 1. The molecule has 0 bridgehead atoms. The van der Waals surface area contributed by atoms with Gasteiger partial charge in [0, 0.05) is 30.3 Å². The van der Waals surface area contributed by atoms with E-state index in [9.17, 15) is 19.0 Å². The summed E-state index contributed by atoms with van der Waals surface area (Å²) in [6.07, 6.45) is 3.01. The van der Waals surface area contributed by atoms with E-state index in [2.05, 4.69) is 20.1 Å². The lowest BCUT2D eigenvalue weighted by molar-refractivity contribution is -0.125. The Labute approximate surface area is 218 Å². The van der Waals surface area contributed by atoms with Crippen LogP contribution in [0.2, 0.25) is 0 Å². The van der Waals surface area contributed by atoms with E-state index in [1.807, 2.05) is 31.2 Å². The number of hydrogen-bond donors (Lipinski definition) is 3. The SMILES string of the molecule is Cc1c(CN(C)C(=O)/C=C/c2cnc3c(c2)NC[C@H](OP(=O)(O)OCCC#N)C(=O)N3)oc2ccccc12. The number of pyridine rings is 1. The van der Waals surface area contributed by atoms with Gasteiger partial charge in [0.25, 0.3) is 5.91 Å². The number of phosphoric acid groups is 1. The smallest absolute Gasteiger partial charge is 0.459 e. The fourth-order valence-electron chi connectivity index (χ4n) is 3.75. The second kappa shape index (κ2) is 11.6. The van der Waals surface area contributed by atoms with Crippen molar-refractivity contribution < 1.29 is 32.5 Å². The van der Waals surface area contributed by atoms with Crippen LogP contribution in [0.1, 0.15) is 23.3 Å². The van der Waals surface area contributed by atoms with Crippen LogP contribution in [0.15, 0.2) is 47.0 Å². The molecule has 0 fully saturated rings. The van der Waals surface area contributed by atoms with E-state index in [1.165, 1.54) is 17.2 Å². The number of anilines is 2. The molecule has 4 rings (SSSR count). The zero-order valence-electron chi connectivity index (χ0n) is 20.7. The molecule has 38 heavy (non-hydrogen) atoms. The van der Waals surface area contributed by atoms with Gasteiger partial charge in [-0.1, -0.05) is 18.2 Å². The fourth-order valence-corrected chi connectivity index (χ4v) is 4.62. The molecule has 0 saturated heterocycles. The molecule has 0 spiro atoms. The second-order valence-corrected chi connectivity index (χ2v) is 9.92. The number of nitrogens with zero attached hydrogens (tertiary/aromatic N) is 3. The molecule has 13 heteroatoms. The van der Waals surface area contributed by atoms with Crippen molar-refractivity contribution in [3.63, 3.8) is 0 Å². The number of aromatic nitrogens is 1. The Morgan fingerprint density at radius 2 is 2.21 bits per heavy atom.